The van der Waals surface area contributed by atoms with Crippen LogP contribution >= 0.6 is 11.3 Å². The molecule has 0 saturated heterocycles. The molecule has 1 rings (SSSR count). The average Bonchev–Trinajstić information content (AvgIpc) is 2.62. The zero-order valence-electron chi connectivity index (χ0n) is 14.9. The molecule has 2 N–H and O–H groups in total. The molecule has 5 nitrogen and oxygen atoms in total. The maximum absolute atomic E-state index is 12.3. The van der Waals surface area contributed by atoms with Gasteiger partial charge in [0, 0.05) is 18.0 Å². The Balaban J connectivity index is 2.82. The highest BCUT2D eigenvalue weighted by Gasteiger charge is 2.21. The highest BCUT2D eigenvalue weighted by molar-refractivity contribution is 7.16. The van der Waals surface area contributed by atoms with E-state index in [4.69, 9.17) is 0 Å². The van der Waals surface area contributed by atoms with Crippen molar-refractivity contribution in [3.63, 3.8) is 0 Å². The summed E-state index contributed by atoms with van der Waals surface area (Å²) in [4.78, 5) is 26.8. The van der Waals surface area contributed by atoms with Crippen LogP contribution in [0, 0.1) is 25.7 Å². The Labute approximate surface area is 142 Å². The van der Waals surface area contributed by atoms with E-state index >= 15 is 0 Å². The lowest BCUT2D eigenvalue weighted by molar-refractivity contribution is -0.117. The van der Waals surface area contributed by atoms with Crippen LogP contribution in [0.2, 0.25) is 0 Å². The fourth-order valence-electron chi connectivity index (χ4n) is 2.58. The Bertz CT molecular complexity index is 554. The van der Waals surface area contributed by atoms with Crippen LogP contribution in [0.4, 0.5) is 5.00 Å². The highest BCUT2D eigenvalue weighted by atomic mass is 32.1. The molecule has 0 unspecified atom stereocenters. The van der Waals surface area contributed by atoms with Gasteiger partial charge >= 0.3 is 5.97 Å². The summed E-state index contributed by atoms with van der Waals surface area (Å²) in [6.45, 7) is 14.1. The number of aromatic carboxylic acids is 1. The first-order valence-corrected chi connectivity index (χ1v) is 8.78. The second kappa shape index (κ2) is 8.45. The minimum atomic E-state index is -0.997. The van der Waals surface area contributed by atoms with Crippen LogP contribution in [0.3, 0.4) is 0 Å². The van der Waals surface area contributed by atoms with Crippen LogP contribution in [0.15, 0.2) is 0 Å². The monoisotopic (exact) mass is 340 g/mol. The van der Waals surface area contributed by atoms with Crippen molar-refractivity contribution in [3.8, 4) is 0 Å². The number of rotatable bonds is 8. The molecule has 130 valence electrons. The zero-order valence-corrected chi connectivity index (χ0v) is 15.7. The number of carboxylic acids is 1. The third kappa shape index (κ3) is 5.95. The van der Waals surface area contributed by atoms with Crippen molar-refractivity contribution < 1.29 is 14.7 Å². The molecule has 0 spiro atoms. The van der Waals surface area contributed by atoms with Crippen molar-refractivity contribution in [3.05, 3.63) is 16.0 Å². The molecular formula is C17H28N2O3S. The van der Waals surface area contributed by atoms with Gasteiger partial charge < -0.3 is 10.4 Å². The van der Waals surface area contributed by atoms with Crippen molar-refractivity contribution in [2.75, 3.05) is 25.0 Å². The van der Waals surface area contributed by atoms with E-state index in [0.717, 1.165) is 23.5 Å². The van der Waals surface area contributed by atoms with Gasteiger partial charge in [-0.2, -0.15) is 0 Å². The molecule has 0 aliphatic rings. The minimum Gasteiger partial charge on any atom is -0.478 e. The van der Waals surface area contributed by atoms with Crippen LogP contribution < -0.4 is 5.32 Å². The van der Waals surface area contributed by atoms with Gasteiger partial charge in [-0.05, 0) is 31.2 Å². The molecule has 6 heteroatoms. The second-order valence-electron chi connectivity index (χ2n) is 6.82. The Morgan fingerprint density at radius 1 is 1.13 bits per heavy atom. The van der Waals surface area contributed by atoms with Crippen LogP contribution in [0.25, 0.3) is 0 Å². The van der Waals surface area contributed by atoms with Gasteiger partial charge in [0.1, 0.15) is 5.00 Å². The van der Waals surface area contributed by atoms with Crippen molar-refractivity contribution in [2.45, 2.75) is 41.5 Å². The number of aryl methyl sites for hydroxylation is 1. The summed E-state index contributed by atoms with van der Waals surface area (Å²) in [6, 6.07) is 0. The van der Waals surface area contributed by atoms with E-state index in [1.54, 1.807) is 6.92 Å². The van der Waals surface area contributed by atoms with Crippen LogP contribution in [-0.2, 0) is 4.79 Å². The number of anilines is 1. The Morgan fingerprint density at radius 2 is 1.65 bits per heavy atom. The summed E-state index contributed by atoms with van der Waals surface area (Å²) in [5.41, 5.74) is 0.930. The molecular weight excluding hydrogens is 312 g/mol. The Hall–Kier alpha value is -1.40. The zero-order chi connectivity index (χ0) is 17.7. The number of hydrogen-bond donors (Lipinski definition) is 2. The predicted molar refractivity (Wildman–Crippen MR) is 95.5 cm³/mol. The number of nitrogens with zero attached hydrogens (tertiary/aromatic N) is 1. The molecule has 0 aliphatic carbocycles. The SMILES string of the molecule is Cc1sc(NC(=O)CN(CC(C)C)CC(C)C)c(C(=O)O)c1C. The predicted octanol–water partition coefficient (Wildman–Crippen LogP) is 3.62. The van der Waals surface area contributed by atoms with Crippen molar-refractivity contribution >= 4 is 28.2 Å². The molecule has 0 radical (unpaired) electrons. The van der Waals surface area contributed by atoms with E-state index in [1.807, 2.05) is 6.92 Å². The molecule has 1 aromatic rings. The Kier molecular flexibility index (Phi) is 7.22. The third-order valence-corrected chi connectivity index (χ3v) is 4.59. The minimum absolute atomic E-state index is 0.157. The highest BCUT2D eigenvalue weighted by Crippen LogP contribution is 2.32. The fraction of sp³-hybridized carbons (Fsp3) is 0.647. The van der Waals surface area contributed by atoms with Gasteiger partial charge in [-0.3, -0.25) is 9.69 Å². The first-order valence-electron chi connectivity index (χ1n) is 7.97. The van der Waals surface area contributed by atoms with Crippen molar-refractivity contribution in [2.24, 2.45) is 11.8 Å². The molecule has 0 aromatic carbocycles. The van der Waals surface area contributed by atoms with Gasteiger partial charge in [0.05, 0.1) is 12.1 Å². The lowest BCUT2D eigenvalue weighted by Gasteiger charge is -2.25. The average molecular weight is 340 g/mol. The van der Waals surface area contributed by atoms with E-state index in [0.29, 0.717) is 16.8 Å². The number of hydrogen-bond acceptors (Lipinski definition) is 4. The number of carbonyl (C=O) groups is 2. The smallest absolute Gasteiger partial charge is 0.338 e. The van der Waals surface area contributed by atoms with Crippen LogP contribution in [-0.4, -0.2) is 41.5 Å². The van der Waals surface area contributed by atoms with E-state index in [-0.39, 0.29) is 18.0 Å². The largest absolute Gasteiger partial charge is 0.478 e. The summed E-state index contributed by atoms with van der Waals surface area (Å²) in [6.07, 6.45) is 0. The number of thiophene rings is 1. The first-order chi connectivity index (χ1) is 10.6. The molecule has 1 aromatic heterocycles. The van der Waals surface area contributed by atoms with Crippen LogP contribution in [0.1, 0.15) is 48.5 Å². The van der Waals surface area contributed by atoms with Crippen LogP contribution in [0.5, 0.6) is 0 Å². The molecule has 0 fully saturated rings. The molecule has 0 bridgehead atoms. The molecule has 0 atom stereocenters. The van der Waals surface area contributed by atoms with Gasteiger partial charge in [0.2, 0.25) is 5.91 Å². The second-order valence-corrected chi connectivity index (χ2v) is 8.05. The lowest BCUT2D eigenvalue weighted by Crippen LogP contribution is -2.38. The number of carboxylic acid groups (broad SMARTS) is 1. The quantitative estimate of drug-likeness (QED) is 0.758. The number of carbonyl (C=O) groups excluding carboxylic acids is 1. The summed E-state index contributed by atoms with van der Waals surface area (Å²) in [5, 5.41) is 12.6. The van der Waals surface area contributed by atoms with E-state index in [1.165, 1.54) is 11.3 Å². The molecule has 1 amide bonds. The summed E-state index contributed by atoms with van der Waals surface area (Å²) in [7, 11) is 0. The third-order valence-electron chi connectivity index (χ3n) is 3.47. The molecule has 1 heterocycles. The maximum atomic E-state index is 12.3. The van der Waals surface area contributed by atoms with Gasteiger partial charge in [-0.15, -0.1) is 11.3 Å². The van der Waals surface area contributed by atoms with E-state index < -0.39 is 5.97 Å². The van der Waals surface area contributed by atoms with Gasteiger partial charge in [-0.1, -0.05) is 27.7 Å². The summed E-state index contributed by atoms with van der Waals surface area (Å²) >= 11 is 1.32. The van der Waals surface area contributed by atoms with Gasteiger partial charge in [-0.25, -0.2) is 4.79 Å². The van der Waals surface area contributed by atoms with E-state index in [2.05, 4.69) is 37.9 Å². The maximum Gasteiger partial charge on any atom is 0.338 e. The topological polar surface area (TPSA) is 69.6 Å². The van der Waals surface area contributed by atoms with Gasteiger partial charge in [0.15, 0.2) is 0 Å². The summed E-state index contributed by atoms with van der Waals surface area (Å²) < 4.78 is 0. The van der Waals surface area contributed by atoms with Crippen molar-refractivity contribution in [1.82, 2.24) is 4.90 Å². The van der Waals surface area contributed by atoms with Gasteiger partial charge in [0.25, 0.3) is 0 Å². The number of nitrogens with one attached hydrogen (secondary N) is 1. The normalized spacial score (nSPS) is 11.5. The summed E-state index contributed by atoms with van der Waals surface area (Å²) in [5.74, 6) is -0.205. The fourth-order valence-corrected chi connectivity index (χ4v) is 3.65. The first kappa shape index (κ1) is 19.6. The molecule has 0 saturated carbocycles. The Morgan fingerprint density at radius 3 is 2.09 bits per heavy atom. The van der Waals surface area contributed by atoms with E-state index in [9.17, 15) is 14.7 Å². The standard InChI is InChI=1S/C17H28N2O3S/c1-10(2)7-19(8-11(3)4)9-14(20)18-16-15(17(21)22)12(5)13(6)23-16/h10-11H,7-9H2,1-6H3,(H,18,20)(H,21,22). The molecule has 0 aliphatic heterocycles. The number of amides is 1. The molecule has 23 heavy (non-hydrogen) atoms. The lowest BCUT2D eigenvalue weighted by atomic mass is 10.1. The van der Waals surface area contributed by atoms with Crippen molar-refractivity contribution in [1.29, 1.82) is 0 Å².